The van der Waals surface area contributed by atoms with E-state index < -0.39 is 28.2 Å². The van der Waals surface area contributed by atoms with Crippen LogP contribution in [0.15, 0.2) is 47.4 Å². The third-order valence-corrected chi connectivity index (χ3v) is 7.08. The molecule has 0 saturated carbocycles. The van der Waals surface area contributed by atoms with Crippen molar-refractivity contribution in [3.8, 4) is 0 Å². The van der Waals surface area contributed by atoms with Crippen molar-refractivity contribution < 1.29 is 22.5 Å². The van der Waals surface area contributed by atoms with Crippen molar-refractivity contribution in [3.63, 3.8) is 0 Å². The predicted octanol–water partition coefficient (Wildman–Crippen LogP) is 2.52. The van der Waals surface area contributed by atoms with Crippen molar-refractivity contribution in [3.05, 3.63) is 48.0 Å². The number of amides is 1. The number of carbonyl (C=O) groups is 1. The number of sulfone groups is 1. The first-order valence-corrected chi connectivity index (χ1v) is 11.9. The number of nitrogen functional groups attached to an aromatic ring is 1. The molecule has 2 aromatic rings. The molecule has 9 heteroatoms. The molecule has 0 bridgehead atoms. The van der Waals surface area contributed by atoms with E-state index in [1.54, 1.807) is 24.3 Å². The van der Waals surface area contributed by atoms with Crippen LogP contribution in [0.3, 0.4) is 0 Å². The number of hydrogen-bond acceptors (Lipinski definition) is 6. The first-order chi connectivity index (χ1) is 14.2. The third-order valence-electron chi connectivity index (χ3n) is 5.93. The van der Waals surface area contributed by atoms with Crippen molar-refractivity contribution in [1.29, 1.82) is 0 Å². The molecule has 0 aliphatic carbocycles. The zero-order valence-electron chi connectivity index (χ0n) is 18.8. The van der Waals surface area contributed by atoms with Crippen LogP contribution < -0.4 is 16.1 Å². The van der Waals surface area contributed by atoms with Gasteiger partial charge in [0.25, 0.3) is 0 Å². The van der Waals surface area contributed by atoms with E-state index in [9.17, 15) is 13.2 Å². The van der Waals surface area contributed by atoms with E-state index in [1.165, 1.54) is 17.9 Å². The predicted molar refractivity (Wildman–Crippen MR) is 123 cm³/mol. The van der Waals surface area contributed by atoms with E-state index in [-0.39, 0.29) is 17.3 Å². The highest BCUT2D eigenvalue weighted by Crippen LogP contribution is 2.37. The van der Waals surface area contributed by atoms with Crippen molar-refractivity contribution in [2.24, 2.45) is 0 Å². The molecule has 166 valence electrons. The van der Waals surface area contributed by atoms with Crippen LogP contribution in [0.25, 0.3) is 0 Å². The van der Waals surface area contributed by atoms with Crippen LogP contribution in [0.1, 0.15) is 40.2 Å². The van der Waals surface area contributed by atoms with E-state index in [0.717, 1.165) is 11.8 Å². The second kappa shape index (κ2) is 7.96. The summed E-state index contributed by atoms with van der Waals surface area (Å²) >= 11 is 0. The molecule has 0 atom stereocenters. The smallest absolute Gasteiger partial charge is 0.399 e. The molecule has 7 nitrogen and oxygen atoms in total. The summed E-state index contributed by atoms with van der Waals surface area (Å²) in [6, 6.07) is 11.9. The second-order valence-electron chi connectivity index (χ2n) is 8.90. The minimum Gasteiger partial charge on any atom is -0.399 e. The summed E-state index contributed by atoms with van der Waals surface area (Å²) in [5, 5.41) is 0. The number of hydrogen-bond donors (Lipinski definition) is 1. The van der Waals surface area contributed by atoms with Crippen LogP contribution in [-0.2, 0) is 30.5 Å². The maximum absolute atomic E-state index is 12.4. The minimum absolute atomic E-state index is 0.104. The lowest BCUT2D eigenvalue weighted by Gasteiger charge is -2.32. The standard InChI is InChI=1S/C22H29BN2O5S/c1-15(26)25(19-9-7-8-10-20(19)31(6,27)28)14-16-11-12-17(18(24)13-16)23-29-21(2,3)22(4,5)30-23/h7-13H,14,24H2,1-6H3. The Morgan fingerprint density at radius 1 is 1.06 bits per heavy atom. The van der Waals surface area contributed by atoms with Crippen molar-refractivity contribution >= 4 is 39.7 Å². The lowest BCUT2D eigenvalue weighted by atomic mass is 9.77. The number of carbonyl (C=O) groups excluding carboxylic acids is 1. The Hall–Kier alpha value is -2.36. The fraction of sp³-hybridized carbons (Fsp3) is 0.409. The average Bonchev–Trinajstić information content (AvgIpc) is 2.86. The van der Waals surface area contributed by atoms with Crippen LogP contribution in [0, 0.1) is 0 Å². The van der Waals surface area contributed by atoms with Gasteiger partial charge in [0.15, 0.2) is 9.84 Å². The van der Waals surface area contributed by atoms with E-state index in [2.05, 4.69) is 0 Å². The third kappa shape index (κ3) is 4.63. The summed E-state index contributed by atoms with van der Waals surface area (Å²) in [6.45, 7) is 9.48. The molecule has 1 aliphatic rings. The highest BCUT2D eigenvalue weighted by molar-refractivity contribution is 7.90. The SMILES string of the molecule is CC(=O)N(Cc1ccc(B2OC(C)(C)C(C)(C)O2)c(N)c1)c1ccccc1S(C)(=O)=O. The Labute approximate surface area is 184 Å². The number of nitrogens with two attached hydrogens (primary N) is 1. The average molecular weight is 444 g/mol. The highest BCUT2D eigenvalue weighted by Gasteiger charge is 2.52. The number of benzene rings is 2. The molecule has 1 aliphatic heterocycles. The Morgan fingerprint density at radius 2 is 1.65 bits per heavy atom. The number of para-hydroxylation sites is 1. The monoisotopic (exact) mass is 444 g/mol. The van der Waals surface area contributed by atoms with E-state index in [1.807, 2.05) is 39.8 Å². The van der Waals surface area contributed by atoms with Gasteiger partial charge in [0.05, 0.1) is 28.3 Å². The maximum atomic E-state index is 12.4. The Morgan fingerprint density at radius 3 is 2.16 bits per heavy atom. The van der Waals surface area contributed by atoms with Crippen molar-refractivity contribution in [2.75, 3.05) is 16.9 Å². The Bertz CT molecular complexity index is 1100. The first kappa shape index (κ1) is 23.3. The van der Waals surface area contributed by atoms with Gasteiger partial charge in [0.1, 0.15) is 0 Å². The summed E-state index contributed by atoms with van der Waals surface area (Å²) in [6.07, 6.45) is 1.13. The van der Waals surface area contributed by atoms with Gasteiger partial charge >= 0.3 is 7.12 Å². The fourth-order valence-corrected chi connectivity index (χ4v) is 4.33. The molecule has 31 heavy (non-hydrogen) atoms. The van der Waals surface area contributed by atoms with Gasteiger partial charge in [-0.3, -0.25) is 4.79 Å². The summed E-state index contributed by atoms with van der Waals surface area (Å²) in [5.41, 5.74) is 7.64. The summed E-state index contributed by atoms with van der Waals surface area (Å²) < 4.78 is 36.6. The molecule has 1 fully saturated rings. The molecule has 1 amide bonds. The van der Waals surface area contributed by atoms with Gasteiger partial charge in [0.2, 0.25) is 5.91 Å². The van der Waals surface area contributed by atoms with Crippen LogP contribution in [0.4, 0.5) is 11.4 Å². The van der Waals surface area contributed by atoms with Gasteiger partial charge in [-0.05, 0) is 51.5 Å². The molecule has 0 spiro atoms. The van der Waals surface area contributed by atoms with Crippen LogP contribution in [0.2, 0.25) is 0 Å². The lowest BCUT2D eigenvalue weighted by molar-refractivity contribution is -0.116. The quantitative estimate of drug-likeness (QED) is 0.562. The van der Waals surface area contributed by atoms with Crippen molar-refractivity contribution in [1.82, 2.24) is 0 Å². The molecule has 0 aromatic heterocycles. The molecular formula is C22H29BN2O5S. The van der Waals surface area contributed by atoms with E-state index in [4.69, 9.17) is 15.0 Å². The van der Waals surface area contributed by atoms with Gasteiger partial charge in [-0.25, -0.2) is 8.42 Å². The molecule has 2 N–H and O–H groups in total. The zero-order valence-corrected chi connectivity index (χ0v) is 19.6. The van der Waals surface area contributed by atoms with Gasteiger partial charge in [0, 0.05) is 24.3 Å². The number of anilines is 2. The number of nitrogens with zero attached hydrogens (tertiary/aromatic N) is 1. The molecule has 1 heterocycles. The zero-order chi connectivity index (χ0) is 23.2. The lowest BCUT2D eigenvalue weighted by Crippen LogP contribution is -2.41. The number of rotatable bonds is 5. The van der Waals surface area contributed by atoms with Gasteiger partial charge in [-0.1, -0.05) is 24.3 Å². The first-order valence-electron chi connectivity index (χ1n) is 10.0. The normalized spacial score (nSPS) is 17.5. The van der Waals surface area contributed by atoms with Crippen molar-refractivity contribution in [2.45, 2.75) is 57.3 Å². The summed E-state index contributed by atoms with van der Waals surface area (Å²) in [4.78, 5) is 13.9. The maximum Gasteiger partial charge on any atom is 0.496 e. The molecule has 3 rings (SSSR count). The van der Waals surface area contributed by atoms with Gasteiger partial charge in [-0.15, -0.1) is 0 Å². The Balaban J connectivity index is 1.91. The minimum atomic E-state index is -3.50. The topological polar surface area (TPSA) is 98.9 Å². The molecule has 0 radical (unpaired) electrons. The van der Waals surface area contributed by atoms with Gasteiger partial charge < -0.3 is 19.9 Å². The Kier molecular flexibility index (Phi) is 5.99. The summed E-state index contributed by atoms with van der Waals surface area (Å²) in [5.74, 6) is -0.273. The molecular weight excluding hydrogens is 415 g/mol. The summed E-state index contributed by atoms with van der Waals surface area (Å²) in [7, 11) is -4.09. The van der Waals surface area contributed by atoms with Crippen LogP contribution in [-0.4, -0.2) is 38.9 Å². The largest absolute Gasteiger partial charge is 0.496 e. The highest BCUT2D eigenvalue weighted by atomic mass is 32.2. The van der Waals surface area contributed by atoms with Crippen LogP contribution in [0.5, 0.6) is 0 Å². The molecule has 1 saturated heterocycles. The molecule has 2 aromatic carbocycles. The fourth-order valence-electron chi connectivity index (χ4n) is 3.45. The second-order valence-corrected chi connectivity index (χ2v) is 10.9. The van der Waals surface area contributed by atoms with E-state index >= 15 is 0 Å². The molecule has 0 unspecified atom stereocenters. The van der Waals surface area contributed by atoms with E-state index in [0.29, 0.717) is 16.8 Å². The van der Waals surface area contributed by atoms with Gasteiger partial charge in [-0.2, -0.15) is 0 Å². The van der Waals surface area contributed by atoms with Crippen LogP contribution >= 0.6 is 0 Å².